The van der Waals surface area contributed by atoms with Crippen molar-refractivity contribution in [2.24, 2.45) is 5.16 Å². The maximum atomic E-state index is 8.96. The number of nitrogens with zero attached hydrogens (tertiary/aromatic N) is 4. The van der Waals surface area contributed by atoms with Gasteiger partial charge in [0.15, 0.2) is 0 Å². The minimum atomic E-state index is 0.634. The summed E-state index contributed by atoms with van der Waals surface area (Å²) in [5.41, 5.74) is 4.40. The Labute approximate surface area is 105 Å². The van der Waals surface area contributed by atoms with Gasteiger partial charge in [-0.05, 0) is 38.3 Å². The fourth-order valence-electron chi connectivity index (χ4n) is 2.16. The second-order valence-corrected chi connectivity index (χ2v) is 4.52. The molecular weight excluding hydrogens is 228 g/mol. The highest BCUT2D eigenvalue weighted by molar-refractivity contribution is 6.00. The molecule has 0 spiro atoms. The van der Waals surface area contributed by atoms with Crippen LogP contribution >= 0.6 is 0 Å². The van der Waals surface area contributed by atoms with Crippen LogP contribution in [-0.4, -0.2) is 25.9 Å². The SMILES string of the molecule is Cc1ccc(-n2nc3c(n2)/C(=N\O)CCC3)cc1. The molecule has 2 aromatic rings. The summed E-state index contributed by atoms with van der Waals surface area (Å²) in [5, 5.41) is 21.2. The van der Waals surface area contributed by atoms with Crippen molar-refractivity contribution in [2.75, 3.05) is 0 Å². The van der Waals surface area contributed by atoms with Gasteiger partial charge in [-0.15, -0.1) is 5.10 Å². The molecule has 0 unspecified atom stereocenters. The smallest absolute Gasteiger partial charge is 0.134 e. The van der Waals surface area contributed by atoms with Gasteiger partial charge in [-0.3, -0.25) is 0 Å². The van der Waals surface area contributed by atoms with Crippen molar-refractivity contribution in [2.45, 2.75) is 26.2 Å². The molecule has 0 aliphatic heterocycles. The Morgan fingerprint density at radius 2 is 1.94 bits per heavy atom. The standard InChI is InChI=1S/C13H14N4O/c1-9-5-7-10(8-6-9)17-14-11-3-2-4-12(16-18)13(11)15-17/h5-8,18H,2-4H2,1H3/b16-12-. The molecule has 1 aliphatic rings. The van der Waals surface area contributed by atoms with Crippen molar-refractivity contribution in [1.29, 1.82) is 0 Å². The monoisotopic (exact) mass is 242 g/mol. The van der Waals surface area contributed by atoms with E-state index >= 15 is 0 Å². The first-order valence-corrected chi connectivity index (χ1v) is 6.02. The van der Waals surface area contributed by atoms with Crippen molar-refractivity contribution in [1.82, 2.24) is 15.0 Å². The van der Waals surface area contributed by atoms with Gasteiger partial charge in [-0.1, -0.05) is 22.9 Å². The van der Waals surface area contributed by atoms with E-state index in [1.54, 1.807) is 4.80 Å². The largest absolute Gasteiger partial charge is 0.411 e. The second kappa shape index (κ2) is 4.25. The Bertz CT molecular complexity index is 598. The summed E-state index contributed by atoms with van der Waals surface area (Å²) in [5.74, 6) is 0. The molecule has 1 heterocycles. The summed E-state index contributed by atoms with van der Waals surface area (Å²) >= 11 is 0. The van der Waals surface area contributed by atoms with Crippen molar-refractivity contribution in [3.8, 4) is 5.69 Å². The minimum Gasteiger partial charge on any atom is -0.411 e. The van der Waals surface area contributed by atoms with E-state index in [0.29, 0.717) is 5.71 Å². The lowest BCUT2D eigenvalue weighted by atomic mass is 9.99. The quantitative estimate of drug-likeness (QED) is 0.615. The Hall–Kier alpha value is -2.17. The normalized spacial score (nSPS) is 16.8. The molecule has 0 fully saturated rings. The highest BCUT2D eigenvalue weighted by Gasteiger charge is 2.22. The number of fused-ring (bicyclic) bond motifs is 1. The van der Waals surface area contributed by atoms with Crippen LogP contribution in [-0.2, 0) is 6.42 Å². The minimum absolute atomic E-state index is 0.634. The van der Waals surface area contributed by atoms with Gasteiger partial charge in [-0.2, -0.15) is 9.90 Å². The lowest BCUT2D eigenvalue weighted by Gasteiger charge is -2.07. The van der Waals surface area contributed by atoms with Gasteiger partial charge in [0, 0.05) is 0 Å². The lowest BCUT2D eigenvalue weighted by molar-refractivity contribution is 0.317. The van der Waals surface area contributed by atoms with Crippen LogP contribution in [0.25, 0.3) is 5.69 Å². The third-order valence-electron chi connectivity index (χ3n) is 3.17. The molecule has 5 heteroatoms. The molecule has 0 atom stereocenters. The molecule has 0 radical (unpaired) electrons. The zero-order valence-corrected chi connectivity index (χ0v) is 10.2. The molecule has 92 valence electrons. The Morgan fingerprint density at radius 1 is 1.17 bits per heavy atom. The molecular formula is C13H14N4O. The molecule has 1 N–H and O–H groups in total. The van der Waals surface area contributed by atoms with Gasteiger partial charge in [-0.25, -0.2) is 0 Å². The number of hydrogen-bond acceptors (Lipinski definition) is 4. The summed E-state index contributed by atoms with van der Waals surface area (Å²) < 4.78 is 0. The van der Waals surface area contributed by atoms with Crippen LogP contribution in [0.5, 0.6) is 0 Å². The molecule has 18 heavy (non-hydrogen) atoms. The first kappa shape index (κ1) is 11.0. The van der Waals surface area contributed by atoms with Crippen molar-refractivity contribution in [3.63, 3.8) is 0 Å². The molecule has 1 aromatic heterocycles. The van der Waals surface area contributed by atoms with E-state index in [2.05, 4.69) is 15.4 Å². The Morgan fingerprint density at radius 3 is 2.67 bits per heavy atom. The molecule has 1 aliphatic carbocycles. The molecule has 5 nitrogen and oxygen atoms in total. The van der Waals surface area contributed by atoms with Crippen molar-refractivity contribution >= 4 is 5.71 Å². The average Bonchev–Trinajstić information content (AvgIpc) is 2.83. The summed E-state index contributed by atoms with van der Waals surface area (Å²) in [6.07, 6.45) is 2.61. The predicted octanol–water partition coefficient (Wildman–Crippen LogP) is 2.09. The number of rotatable bonds is 1. The van der Waals surface area contributed by atoms with Gasteiger partial charge in [0.25, 0.3) is 0 Å². The Balaban J connectivity index is 2.05. The van der Waals surface area contributed by atoms with Gasteiger partial charge in [0.05, 0.1) is 11.4 Å². The fraction of sp³-hybridized carbons (Fsp3) is 0.308. The molecule has 0 amide bonds. The van der Waals surface area contributed by atoms with E-state index < -0.39 is 0 Å². The van der Waals surface area contributed by atoms with E-state index in [1.165, 1.54) is 5.56 Å². The second-order valence-electron chi connectivity index (χ2n) is 4.52. The topological polar surface area (TPSA) is 63.3 Å². The first-order valence-electron chi connectivity index (χ1n) is 6.02. The average molecular weight is 242 g/mol. The lowest BCUT2D eigenvalue weighted by Crippen LogP contribution is -2.11. The first-order chi connectivity index (χ1) is 8.78. The third-order valence-corrected chi connectivity index (χ3v) is 3.17. The van der Waals surface area contributed by atoms with Crippen LogP contribution in [0.2, 0.25) is 0 Å². The van der Waals surface area contributed by atoms with Gasteiger partial charge >= 0.3 is 0 Å². The molecule has 0 saturated carbocycles. The number of oxime groups is 1. The van der Waals surface area contributed by atoms with E-state index in [0.717, 1.165) is 36.3 Å². The van der Waals surface area contributed by atoms with Gasteiger partial charge < -0.3 is 5.21 Å². The summed E-state index contributed by atoms with van der Waals surface area (Å²) in [4.78, 5) is 1.61. The number of aryl methyl sites for hydroxylation is 2. The van der Waals surface area contributed by atoms with E-state index in [1.807, 2.05) is 31.2 Å². The van der Waals surface area contributed by atoms with Crippen LogP contribution in [0.4, 0.5) is 0 Å². The van der Waals surface area contributed by atoms with Crippen LogP contribution in [0, 0.1) is 6.92 Å². The maximum Gasteiger partial charge on any atom is 0.134 e. The number of aromatic nitrogens is 3. The highest BCUT2D eigenvalue weighted by Crippen LogP contribution is 2.19. The van der Waals surface area contributed by atoms with E-state index in [-0.39, 0.29) is 0 Å². The summed E-state index contributed by atoms with van der Waals surface area (Å²) in [7, 11) is 0. The molecule has 1 aromatic carbocycles. The molecule has 3 rings (SSSR count). The van der Waals surface area contributed by atoms with Gasteiger partial charge in [0.1, 0.15) is 11.4 Å². The number of hydrogen-bond donors (Lipinski definition) is 1. The fourth-order valence-corrected chi connectivity index (χ4v) is 2.16. The number of benzene rings is 1. The summed E-state index contributed by atoms with van der Waals surface area (Å²) in [6, 6.07) is 8.02. The molecule has 0 bridgehead atoms. The van der Waals surface area contributed by atoms with Crippen molar-refractivity contribution < 1.29 is 5.21 Å². The van der Waals surface area contributed by atoms with E-state index in [4.69, 9.17) is 5.21 Å². The Kier molecular flexibility index (Phi) is 2.59. The third kappa shape index (κ3) is 1.77. The van der Waals surface area contributed by atoms with Crippen LogP contribution in [0.3, 0.4) is 0 Å². The van der Waals surface area contributed by atoms with Gasteiger partial charge in [0.2, 0.25) is 0 Å². The summed E-state index contributed by atoms with van der Waals surface area (Å²) in [6.45, 7) is 2.04. The van der Waals surface area contributed by atoms with Crippen LogP contribution < -0.4 is 0 Å². The molecule has 0 saturated heterocycles. The van der Waals surface area contributed by atoms with Crippen LogP contribution in [0.15, 0.2) is 29.4 Å². The van der Waals surface area contributed by atoms with Crippen LogP contribution in [0.1, 0.15) is 29.8 Å². The maximum absolute atomic E-state index is 8.96. The van der Waals surface area contributed by atoms with E-state index in [9.17, 15) is 0 Å². The van der Waals surface area contributed by atoms with Crippen molar-refractivity contribution in [3.05, 3.63) is 41.2 Å². The zero-order chi connectivity index (χ0) is 12.5. The zero-order valence-electron chi connectivity index (χ0n) is 10.2. The predicted molar refractivity (Wildman–Crippen MR) is 67.4 cm³/mol. The highest BCUT2D eigenvalue weighted by atomic mass is 16.4.